The Morgan fingerprint density at radius 2 is 2.00 bits per heavy atom. The largest absolute Gasteiger partial charge is 0.507 e. The van der Waals surface area contributed by atoms with E-state index in [4.69, 9.17) is 16.0 Å². The first-order valence-corrected chi connectivity index (χ1v) is 10.0. The Morgan fingerprint density at radius 3 is 2.70 bits per heavy atom. The number of halogens is 1. The first kappa shape index (κ1) is 20.5. The van der Waals surface area contributed by atoms with Crippen molar-refractivity contribution in [2.45, 2.75) is 18.4 Å². The second kappa shape index (κ2) is 7.83. The monoisotopic (exact) mass is 430 g/mol. The molecule has 0 aliphatic carbocycles. The number of likely N-dealkylation sites (tertiary alicyclic amines) is 1. The summed E-state index contributed by atoms with van der Waals surface area (Å²) in [6.45, 7) is 0.612. The topological polar surface area (TPSA) is 106 Å². The van der Waals surface area contributed by atoms with Crippen LogP contribution in [0.1, 0.15) is 17.9 Å². The number of aromatic hydroxyl groups is 2. The Balaban J connectivity index is 2.01. The van der Waals surface area contributed by atoms with Crippen molar-refractivity contribution in [2.75, 3.05) is 32.6 Å². The SMILES string of the molecule is CNc1ccc(Cl)c(-c2cc(=O)c3c(O)cc(O)c([C@H]4CCN(C)[C@@H]4CO)c3o2)c1. The molecule has 0 bridgehead atoms. The number of hydrogen-bond donors (Lipinski definition) is 4. The summed E-state index contributed by atoms with van der Waals surface area (Å²) in [4.78, 5) is 14.9. The maximum Gasteiger partial charge on any atom is 0.197 e. The molecule has 2 aromatic carbocycles. The molecule has 0 spiro atoms. The number of aliphatic hydroxyl groups excluding tert-OH is 1. The molecular weight excluding hydrogens is 408 g/mol. The molecule has 8 heteroatoms. The molecule has 1 aliphatic heterocycles. The summed E-state index contributed by atoms with van der Waals surface area (Å²) in [5, 5.41) is 34.3. The van der Waals surface area contributed by atoms with E-state index >= 15 is 0 Å². The third kappa shape index (κ3) is 3.29. The van der Waals surface area contributed by atoms with E-state index in [0.717, 1.165) is 18.3 Å². The number of rotatable bonds is 4. The second-order valence-electron chi connectivity index (χ2n) is 7.58. The van der Waals surface area contributed by atoms with Crippen molar-refractivity contribution < 1.29 is 19.7 Å². The van der Waals surface area contributed by atoms with E-state index in [2.05, 4.69) is 5.32 Å². The van der Waals surface area contributed by atoms with Crippen LogP contribution in [0.4, 0.5) is 5.69 Å². The first-order valence-electron chi connectivity index (χ1n) is 9.67. The van der Waals surface area contributed by atoms with Gasteiger partial charge < -0.3 is 30.0 Å². The lowest BCUT2D eigenvalue weighted by Gasteiger charge is -2.24. The predicted molar refractivity (Wildman–Crippen MR) is 117 cm³/mol. The van der Waals surface area contributed by atoms with Gasteiger partial charge in [0.2, 0.25) is 0 Å². The van der Waals surface area contributed by atoms with Gasteiger partial charge in [0, 0.05) is 48.0 Å². The van der Waals surface area contributed by atoms with E-state index < -0.39 is 5.43 Å². The molecule has 1 saturated heterocycles. The van der Waals surface area contributed by atoms with Crippen LogP contribution in [0.15, 0.2) is 39.5 Å². The summed E-state index contributed by atoms with van der Waals surface area (Å²) in [7, 11) is 3.66. The van der Waals surface area contributed by atoms with Gasteiger partial charge in [0.1, 0.15) is 28.2 Å². The molecule has 3 aromatic rings. The number of phenols is 2. The van der Waals surface area contributed by atoms with Crippen LogP contribution in [0.5, 0.6) is 11.5 Å². The molecule has 30 heavy (non-hydrogen) atoms. The lowest BCUT2D eigenvalue weighted by molar-refractivity contribution is 0.172. The molecule has 7 nitrogen and oxygen atoms in total. The fourth-order valence-electron chi connectivity index (χ4n) is 4.29. The van der Waals surface area contributed by atoms with E-state index in [0.29, 0.717) is 22.6 Å². The molecule has 2 atom stereocenters. The van der Waals surface area contributed by atoms with Gasteiger partial charge in [-0.05, 0) is 38.2 Å². The summed E-state index contributed by atoms with van der Waals surface area (Å²) in [5.41, 5.74) is 1.38. The number of phenolic OH excluding ortho intramolecular Hbond substituents is 2. The van der Waals surface area contributed by atoms with Crippen LogP contribution >= 0.6 is 11.6 Å². The summed E-state index contributed by atoms with van der Waals surface area (Å²) < 4.78 is 6.11. The number of aliphatic hydroxyl groups is 1. The van der Waals surface area contributed by atoms with Crippen LogP contribution in [-0.2, 0) is 0 Å². The molecule has 4 rings (SSSR count). The number of nitrogens with one attached hydrogen (secondary N) is 1. The van der Waals surface area contributed by atoms with Crippen molar-refractivity contribution in [1.29, 1.82) is 0 Å². The van der Waals surface area contributed by atoms with E-state index in [-0.39, 0.29) is 46.8 Å². The standard InChI is InChI=1S/C22H23ClN2O5/c1-24-11-3-4-14(23)13(7-11)19-9-18(29)21-17(28)8-16(27)20(22(21)30-19)12-5-6-25(2)15(12)10-26/h3-4,7-9,12,15,24,26-28H,5-6,10H2,1-2H3/t12-,15+/m0/s1. The molecule has 0 radical (unpaired) electrons. The van der Waals surface area contributed by atoms with Gasteiger partial charge >= 0.3 is 0 Å². The third-order valence-electron chi connectivity index (χ3n) is 5.90. The molecule has 0 unspecified atom stereocenters. The van der Waals surface area contributed by atoms with Crippen molar-refractivity contribution in [3.05, 3.63) is 51.1 Å². The normalized spacial score (nSPS) is 19.5. The fourth-order valence-corrected chi connectivity index (χ4v) is 4.50. The van der Waals surface area contributed by atoms with Gasteiger partial charge in [-0.1, -0.05) is 11.6 Å². The van der Waals surface area contributed by atoms with Crippen LogP contribution < -0.4 is 10.7 Å². The molecule has 158 valence electrons. The minimum absolute atomic E-state index is 0.00122. The molecule has 1 fully saturated rings. The highest BCUT2D eigenvalue weighted by Crippen LogP contribution is 2.44. The number of anilines is 1. The fraction of sp³-hybridized carbons (Fsp3) is 0.318. The van der Waals surface area contributed by atoms with E-state index in [1.807, 2.05) is 11.9 Å². The highest BCUT2D eigenvalue weighted by Gasteiger charge is 2.36. The lowest BCUT2D eigenvalue weighted by atomic mass is 9.89. The zero-order valence-corrected chi connectivity index (χ0v) is 17.4. The molecule has 1 aromatic heterocycles. The Hall–Kier alpha value is -2.74. The lowest BCUT2D eigenvalue weighted by Crippen LogP contribution is -2.32. The number of benzene rings is 2. The molecule has 1 aliphatic rings. The highest BCUT2D eigenvalue weighted by molar-refractivity contribution is 6.33. The van der Waals surface area contributed by atoms with Gasteiger partial charge in [0.25, 0.3) is 0 Å². The number of nitrogens with zero attached hydrogens (tertiary/aromatic N) is 1. The Bertz CT molecular complexity index is 1180. The van der Waals surface area contributed by atoms with Crippen LogP contribution in [0, 0.1) is 0 Å². The van der Waals surface area contributed by atoms with Crippen molar-refractivity contribution in [2.24, 2.45) is 0 Å². The molecular formula is C22H23ClN2O5. The van der Waals surface area contributed by atoms with Crippen LogP contribution in [0.3, 0.4) is 0 Å². The zero-order valence-electron chi connectivity index (χ0n) is 16.6. The average molecular weight is 431 g/mol. The first-order chi connectivity index (χ1) is 14.3. The summed E-state index contributed by atoms with van der Waals surface area (Å²) in [6, 6.07) is 7.46. The smallest absolute Gasteiger partial charge is 0.197 e. The van der Waals surface area contributed by atoms with E-state index in [1.54, 1.807) is 25.2 Å². The summed E-state index contributed by atoms with van der Waals surface area (Å²) in [5.74, 6) is -0.559. The van der Waals surface area contributed by atoms with Crippen molar-refractivity contribution >= 4 is 28.3 Å². The number of hydrogen-bond acceptors (Lipinski definition) is 7. The molecule has 0 saturated carbocycles. The Morgan fingerprint density at radius 1 is 1.23 bits per heavy atom. The number of fused-ring (bicyclic) bond motifs is 1. The highest BCUT2D eigenvalue weighted by atomic mass is 35.5. The zero-order chi connectivity index (χ0) is 21.6. The maximum absolute atomic E-state index is 12.9. The van der Waals surface area contributed by atoms with Crippen molar-refractivity contribution in [3.8, 4) is 22.8 Å². The summed E-state index contributed by atoms with van der Waals surface area (Å²) >= 11 is 6.36. The minimum atomic E-state index is -0.442. The summed E-state index contributed by atoms with van der Waals surface area (Å²) in [6.07, 6.45) is 0.666. The molecule has 0 amide bonds. The van der Waals surface area contributed by atoms with Crippen LogP contribution in [0.2, 0.25) is 5.02 Å². The van der Waals surface area contributed by atoms with E-state index in [9.17, 15) is 20.1 Å². The quantitative estimate of drug-likeness (QED) is 0.503. The van der Waals surface area contributed by atoms with Gasteiger partial charge in [-0.3, -0.25) is 4.79 Å². The van der Waals surface area contributed by atoms with E-state index in [1.165, 1.54) is 6.07 Å². The van der Waals surface area contributed by atoms with Crippen molar-refractivity contribution in [1.82, 2.24) is 4.90 Å². The molecule has 2 heterocycles. The third-order valence-corrected chi connectivity index (χ3v) is 6.23. The predicted octanol–water partition coefficient (Wildman–Crippen LogP) is 3.35. The van der Waals surface area contributed by atoms with Gasteiger partial charge in [-0.2, -0.15) is 0 Å². The average Bonchev–Trinajstić information content (AvgIpc) is 3.07. The van der Waals surface area contributed by atoms with Crippen LogP contribution in [-0.4, -0.2) is 53.5 Å². The van der Waals surface area contributed by atoms with Crippen molar-refractivity contribution in [3.63, 3.8) is 0 Å². The van der Waals surface area contributed by atoms with Gasteiger partial charge in [-0.25, -0.2) is 0 Å². The number of likely N-dealkylation sites (N-methyl/N-ethyl adjacent to an activating group) is 1. The second-order valence-corrected chi connectivity index (χ2v) is 7.99. The molecule has 4 N–H and O–H groups in total. The maximum atomic E-state index is 12.9. The van der Waals surface area contributed by atoms with Gasteiger partial charge in [0.05, 0.1) is 11.6 Å². The minimum Gasteiger partial charge on any atom is -0.507 e. The van der Waals surface area contributed by atoms with Gasteiger partial charge in [0.15, 0.2) is 5.43 Å². The Labute approximate surface area is 178 Å². The van der Waals surface area contributed by atoms with Gasteiger partial charge in [-0.15, -0.1) is 0 Å². The van der Waals surface area contributed by atoms with Crippen LogP contribution in [0.25, 0.3) is 22.3 Å². The Kier molecular flexibility index (Phi) is 5.36.